The molecule has 0 radical (unpaired) electrons. The molecule has 2 N–H and O–H groups in total. The monoisotopic (exact) mass is 538 g/mol. The number of nitrogens with zero attached hydrogens (tertiary/aromatic N) is 3. The lowest BCUT2D eigenvalue weighted by Gasteiger charge is -2.39. The Morgan fingerprint density at radius 3 is 2.08 bits per heavy atom. The van der Waals surface area contributed by atoms with Crippen LogP contribution < -0.4 is 5.32 Å². The van der Waals surface area contributed by atoms with Gasteiger partial charge in [-0.1, -0.05) is 40.2 Å². The lowest BCUT2D eigenvalue weighted by Crippen LogP contribution is -2.59. The first-order valence-electron chi connectivity index (χ1n) is 14.3. The van der Waals surface area contributed by atoms with Gasteiger partial charge in [-0.15, -0.1) is 0 Å². The van der Waals surface area contributed by atoms with Gasteiger partial charge in [0.05, 0.1) is 37.4 Å². The van der Waals surface area contributed by atoms with Crippen LogP contribution in [0.3, 0.4) is 0 Å². The molecule has 6 atom stereocenters. The Morgan fingerprint density at radius 2 is 1.61 bits per heavy atom. The molecule has 0 aromatic rings. The van der Waals surface area contributed by atoms with Crippen LogP contribution in [0, 0.1) is 11.8 Å². The smallest absolute Gasteiger partial charge is 0.249 e. The molecule has 2 aliphatic rings. The summed E-state index contributed by atoms with van der Waals surface area (Å²) in [6, 6.07) is -0.784. The van der Waals surface area contributed by atoms with E-state index < -0.39 is 12.3 Å². The molecule has 9 nitrogen and oxygen atoms in total. The summed E-state index contributed by atoms with van der Waals surface area (Å²) in [5, 5.41) is 14.3. The zero-order valence-electron chi connectivity index (χ0n) is 25.3. The predicted molar refractivity (Wildman–Crippen MR) is 151 cm³/mol. The molecule has 0 saturated carbocycles. The highest BCUT2D eigenvalue weighted by Gasteiger charge is 2.38. The quantitative estimate of drug-likeness (QED) is 0.275. The van der Waals surface area contributed by atoms with Crippen LogP contribution in [-0.2, 0) is 19.1 Å². The Hall–Kier alpha value is -1.52. The number of aliphatic hydroxyl groups is 1. The maximum absolute atomic E-state index is 13.8. The third kappa shape index (κ3) is 8.24. The van der Waals surface area contributed by atoms with E-state index in [4.69, 9.17) is 9.47 Å². The van der Waals surface area contributed by atoms with E-state index in [1.807, 2.05) is 38.8 Å². The van der Waals surface area contributed by atoms with Gasteiger partial charge in [0.2, 0.25) is 11.8 Å². The zero-order valence-corrected chi connectivity index (χ0v) is 25.3. The first-order chi connectivity index (χ1) is 17.9. The number of rotatable bonds is 13. The number of ether oxygens (including phenoxy) is 2. The molecular weight excluding hydrogens is 484 g/mol. The van der Waals surface area contributed by atoms with Crippen LogP contribution in [0.2, 0.25) is 0 Å². The van der Waals surface area contributed by atoms with Crippen LogP contribution in [0.25, 0.3) is 0 Å². The number of hydrogen-bond acceptors (Lipinski definition) is 7. The molecule has 2 amide bonds. The first-order valence-corrected chi connectivity index (χ1v) is 14.3. The van der Waals surface area contributed by atoms with Crippen LogP contribution in [0.5, 0.6) is 0 Å². The molecule has 0 aliphatic carbocycles. The van der Waals surface area contributed by atoms with Crippen molar-refractivity contribution in [1.29, 1.82) is 0 Å². The molecule has 0 aromatic heterocycles. The molecular formula is C29H54N4O5. The summed E-state index contributed by atoms with van der Waals surface area (Å²) in [6.45, 7) is 11.9. The molecule has 9 heteroatoms. The minimum absolute atomic E-state index is 0.00989. The van der Waals surface area contributed by atoms with Gasteiger partial charge in [0.1, 0.15) is 6.23 Å². The van der Waals surface area contributed by atoms with Crippen molar-refractivity contribution in [3.8, 4) is 0 Å². The largest absolute Gasteiger partial charge is 0.383 e. The molecule has 2 saturated heterocycles. The van der Waals surface area contributed by atoms with Crippen LogP contribution in [-0.4, -0.2) is 116 Å². The highest BCUT2D eigenvalue weighted by Crippen LogP contribution is 2.27. The van der Waals surface area contributed by atoms with Gasteiger partial charge in [0, 0.05) is 32.9 Å². The highest BCUT2D eigenvalue weighted by atomic mass is 16.5. The SMILES string of the molecule is COCC1CC[C@@H](COC)N1C(=O)/C(C)=C/C(C(C)C)N(C)C(=O)C(NC(O)C1CCCCN1C)C(C)C. The zero-order chi connectivity index (χ0) is 28.6. The third-order valence-electron chi connectivity index (χ3n) is 8.28. The summed E-state index contributed by atoms with van der Waals surface area (Å²) in [4.78, 5) is 33.3. The van der Waals surface area contributed by atoms with Crippen molar-refractivity contribution in [2.45, 2.75) is 103 Å². The predicted octanol–water partition coefficient (Wildman–Crippen LogP) is 2.49. The Bertz CT molecular complexity index is 775. The van der Waals surface area contributed by atoms with Crippen molar-refractivity contribution in [3.05, 3.63) is 11.6 Å². The van der Waals surface area contributed by atoms with E-state index in [0.717, 1.165) is 38.6 Å². The first kappa shape index (κ1) is 32.7. The van der Waals surface area contributed by atoms with E-state index in [0.29, 0.717) is 18.8 Å². The van der Waals surface area contributed by atoms with E-state index in [2.05, 4.69) is 24.1 Å². The second-order valence-electron chi connectivity index (χ2n) is 11.9. The minimum Gasteiger partial charge on any atom is -0.383 e. The lowest BCUT2D eigenvalue weighted by molar-refractivity contribution is -0.137. The topological polar surface area (TPSA) is 94.6 Å². The Balaban J connectivity index is 2.22. The molecule has 0 bridgehead atoms. The van der Waals surface area contributed by atoms with Gasteiger partial charge in [-0.25, -0.2) is 0 Å². The summed E-state index contributed by atoms with van der Waals surface area (Å²) >= 11 is 0. The Labute approximate surface area is 230 Å². The third-order valence-corrected chi connectivity index (χ3v) is 8.28. The number of methoxy groups -OCH3 is 2. The standard InChI is InChI=1S/C29H54N4O5/c1-19(2)25(16-21(5)28(35)33-22(17-37-8)13-14-23(33)18-38-9)32(7)29(36)26(20(3)4)30-27(34)24-12-10-11-15-31(24)6/h16,19-20,22-27,30,34H,10-15,17-18H2,1-9H3/b21-16+/t22-,23?,24?,25?,26?,27?/m0/s1. The molecule has 0 aromatic carbocycles. The molecule has 0 spiro atoms. The molecule has 2 heterocycles. The number of likely N-dealkylation sites (tertiary alicyclic amines) is 2. The van der Waals surface area contributed by atoms with E-state index in [1.165, 1.54) is 0 Å². The van der Waals surface area contributed by atoms with E-state index in [-0.39, 0.29) is 47.8 Å². The van der Waals surface area contributed by atoms with Crippen LogP contribution in [0.4, 0.5) is 0 Å². The Kier molecular flexibility index (Phi) is 13.2. The van der Waals surface area contributed by atoms with E-state index in [9.17, 15) is 14.7 Å². The van der Waals surface area contributed by atoms with Crippen molar-refractivity contribution in [2.24, 2.45) is 11.8 Å². The molecule has 2 aliphatic heterocycles. The normalized spacial score (nSPS) is 25.6. The number of carbonyl (C=O) groups excluding carboxylic acids is 2. The van der Waals surface area contributed by atoms with Gasteiger partial charge in [-0.05, 0) is 58.0 Å². The highest BCUT2D eigenvalue weighted by molar-refractivity contribution is 5.94. The van der Waals surface area contributed by atoms with Gasteiger partial charge >= 0.3 is 0 Å². The lowest BCUT2D eigenvalue weighted by atomic mass is 9.95. The van der Waals surface area contributed by atoms with Crippen molar-refractivity contribution < 1.29 is 24.2 Å². The van der Waals surface area contributed by atoms with Gasteiger partial charge < -0.3 is 24.4 Å². The van der Waals surface area contributed by atoms with Gasteiger partial charge in [-0.2, -0.15) is 0 Å². The number of amides is 2. The average Bonchev–Trinajstić information content (AvgIpc) is 3.26. The second kappa shape index (κ2) is 15.3. The maximum atomic E-state index is 13.8. The summed E-state index contributed by atoms with van der Waals surface area (Å²) in [7, 11) is 7.15. The van der Waals surface area contributed by atoms with Gasteiger partial charge in [-0.3, -0.25) is 19.8 Å². The van der Waals surface area contributed by atoms with Crippen LogP contribution in [0.15, 0.2) is 11.6 Å². The van der Waals surface area contributed by atoms with Gasteiger partial charge in [0.25, 0.3) is 0 Å². The summed E-state index contributed by atoms with van der Waals surface area (Å²) in [5.74, 6) is -0.0324. The van der Waals surface area contributed by atoms with Crippen molar-refractivity contribution >= 4 is 11.8 Å². The second-order valence-corrected chi connectivity index (χ2v) is 11.9. The number of carbonyl (C=O) groups is 2. The number of piperidine rings is 1. The maximum Gasteiger partial charge on any atom is 0.249 e. The van der Waals surface area contributed by atoms with Gasteiger partial charge in [0.15, 0.2) is 0 Å². The Morgan fingerprint density at radius 1 is 1.03 bits per heavy atom. The molecule has 38 heavy (non-hydrogen) atoms. The van der Waals surface area contributed by atoms with E-state index >= 15 is 0 Å². The summed E-state index contributed by atoms with van der Waals surface area (Å²) < 4.78 is 10.8. The molecule has 220 valence electrons. The number of aliphatic hydroxyl groups excluding tert-OH is 1. The number of nitrogens with one attached hydrogen (secondary N) is 1. The average molecular weight is 539 g/mol. The van der Waals surface area contributed by atoms with Crippen molar-refractivity contribution in [1.82, 2.24) is 20.0 Å². The fraction of sp³-hybridized carbons (Fsp3) is 0.862. The summed E-state index contributed by atoms with van der Waals surface area (Å²) in [5.41, 5.74) is 0.616. The molecule has 2 rings (SSSR count). The fourth-order valence-electron chi connectivity index (χ4n) is 6.00. The fourth-order valence-corrected chi connectivity index (χ4v) is 6.00. The minimum atomic E-state index is -0.785. The molecule has 5 unspecified atom stereocenters. The van der Waals surface area contributed by atoms with Crippen molar-refractivity contribution in [3.63, 3.8) is 0 Å². The van der Waals surface area contributed by atoms with Crippen molar-refractivity contribution in [2.75, 3.05) is 48.1 Å². The number of likely N-dealkylation sites (N-methyl/N-ethyl adjacent to an activating group) is 2. The van der Waals surface area contributed by atoms with Crippen LogP contribution >= 0.6 is 0 Å². The summed E-state index contributed by atoms with van der Waals surface area (Å²) in [6.07, 6.45) is 6.02. The molecule has 2 fully saturated rings. The van der Waals surface area contributed by atoms with E-state index in [1.54, 1.807) is 26.2 Å². The van der Waals surface area contributed by atoms with Crippen LogP contribution in [0.1, 0.15) is 66.7 Å². The number of hydrogen-bond donors (Lipinski definition) is 2.